The molecule has 212 valence electrons. The third kappa shape index (κ3) is 4.51. The van der Waals surface area contributed by atoms with Crippen LogP contribution in [-0.2, 0) is 0 Å². The molecule has 0 fully saturated rings. The third-order valence-electron chi connectivity index (χ3n) is 8.17. The number of imidazole rings is 1. The summed E-state index contributed by atoms with van der Waals surface area (Å²) in [4.78, 5) is 32.3. The summed E-state index contributed by atoms with van der Waals surface area (Å²) in [6, 6.07) is 27.3. The molecule has 1 aliphatic heterocycles. The molecular formula is C35H35N4O3+. The first-order chi connectivity index (χ1) is 20.5. The first-order valence-corrected chi connectivity index (χ1v) is 14.7. The smallest absolute Gasteiger partial charge is 0.333 e. The Morgan fingerprint density at radius 1 is 0.857 bits per heavy atom. The van der Waals surface area contributed by atoms with Crippen molar-refractivity contribution in [3.63, 3.8) is 0 Å². The summed E-state index contributed by atoms with van der Waals surface area (Å²) in [5.41, 5.74) is 5.53. The number of rotatable bonds is 7. The minimum absolute atomic E-state index is 0.380. The number of benzene rings is 4. The number of anilines is 1. The van der Waals surface area contributed by atoms with Gasteiger partial charge in [0.25, 0.3) is 5.91 Å². The van der Waals surface area contributed by atoms with E-state index < -0.39 is 5.69 Å². The molecule has 2 heterocycles. The van der Waals surface area contributed by atoms with Gasteiger partial charge in [-0.3, -0.25) is 4.79 Å². The second-order valence-corrected chi connectivity index (χ2v) is 10.3. The Labute approximate surface area is 244 Å². The van der Waals surface area contributed by atoms with Gasteiger partial charge in [-0.05, 0) is 69.7 Å². The third-order valence-corrected chi connectivity index (χ3v) is 8.17. The van der Waals surface area contributed by atoms with Crippen LogP contribution in [0.5, 0.6) is 0 Å². The molecule has 0 spiro atoms. The van der Waals surface area contributed by atoms with Crippen molar-refractivity contribution in [2.24, 2.45) is 0 Å². The van der Waals surface area contributed by atoms with Gasteiger partial charge in [0.05, 0.1) is 17.1 Å². The molecule has 0 amide bonds. The standard InChI is InChI=1S/C35H34N4O3/c1-5-37(6-2)23-17-19-27-31(21-23)42-32-22-24(38(7-3)8-4)18-20-28(32)33(27)25-13-9-10-14-26(25)34(40)39-30-16-12-11-15-29(30)36-35(39)41/h9-22H,5-8H2,1-4H3/p+1. The van der Waals surface area contributed by atoms with E-state index in [1.807, 2.05) is 30.3 Å². The molecule has 1 aromatic heterocycles. The summed E-state index contributed by atoms with van der Waals surface area (Å²) in [7, 11) is 0. The summed E-state index contributed by atoms with van der Waals surface area (Å²) in [6.07, 6.45) is 0. The van der Waals surface area contributed by atoms with Crippen LogP contribution in [0.2, 0.25) is 0 Å². The molecule has 1 N–H and O–H groups in total. The van der Waals surface area contributed by atoms with E-state index in [2.05, 4.69) is 78.6 Å². The zero-order valence-corrected chi connectivity index (χ0v) is 24.5. The quantitative estimate of drug-likeness (QED) is 0.187. The molecule has 3 aromatic carbocycles. The Morgan fingerprint density at radius 3 is 2.36 bits per heavy atom. The van der Waals surface area contributed by atoms with E-state index in [0.29, 0.717) is 16.6 Å². The van der Waals surface area contributed by atoms with Gasteiger partial charge in [0.2, 0.25) is 5.36 Å². The molecule has 0 unspecified atom stereocenters. The first-order valence-electron chi connectivity index (χ1n) is 14.7. The normalized spacial score (nSPS) is 11.4. The van der Waals surface area contributed by atoms with Crippen LogP contribution in [0.3, 0.4) is 0 Å². The Hall–Kier alpha value is -4.91. The fourth-order valence-electron chi connectivity index (χ4n) is 5.99. The van der Waals surface area contributed by atoms with E-state index in [1.54, 1.807) is 18.2 Å². The van der Waals surface area contributed by atoms with Gasteiger partial charge in [0.15, 0.2) is 0 Å². The Morgan fingerprint density at radius 2 is 1.60 bits per heavy atom. The molecule has 7 nitrogen and oxygen atoms in total. The lowest BCUT2D eigenvalue weighted by Crippen LogP contribution is -2.29. The predicted molar refractivity (Wildman–Crippen MR) is 170 cm³/mol. The molecule has 0 saturated carbocycles. The van der Waals surface area contributed by atoms with Crippen molar-refractivity contribution in [3.8, 4) is 22.5 Å². The van der Waals surface area contributed by atoms with E-state index in [1.165, 1.54) is 4.57 Å². The number of hydrogen-bond acceptors (Lipinski definition) is 4. The highest BCUT2D eigenvalue weighted by atomic mass is 16.3. The molecule has 0 radical (unpaired) electrons. The topological polar surface area (TPSA) is 74.2 Å². The van der Waals surface area contributed by atoms with E-state index in [0.717, 1.165) is 70.6 Å². The van der Waals surface area contributed by atoms with Crippen LogP contribution < -0.4 is 20.5 Å². The second-order valence-electron chi connectivity index (χ2n) is 10.3. The number of carbonyl (C=O) groups is 1. The lowest BCUT2D eigenvalue weighted by molar-refractivity contribution is 0.0961. The highest BCUT2D eigenvalue weighted by Crippen LogP contribution is 2.42. The largest absolute Gasteiger partial charge is 0.456 e. The SMILES string of the molecule is CCN(CC)c1ccc2c(-c3ccccc3C(=O)n3c(=O)[nH]c4ccccc43)c3ccc(=[N+](CC)CC)cc-3oc2c1. The lowest BCUT2D eigenvalue weighted by atomic mass is 9.90. The highest BCUT2D eigenvalue weighted by molar-refractivity contribution is 6.11. The number of aromatic nitrogens is 2. The second kappa shape index (κ2) is 11.2. The number of hydrogen-bond donors (Lipinski definition) is 1. The van der Waals surface area contributed by atoms with Gasteiger partial charge in [-0.1, -0.05) is 30.3 Å². The molecule has 0 atom stereocenters. The summed E-state index contributed by atoms with van der Waals surface area (Å²) in [5.74, 6) is 0.361. The number of fused-ring (bicyclic) bond motifs is 3. The van der Waals surface area contributed by atoms with Crippen LogP contribution in [0.25, 0.3) is 44.5 Å². The maximum absolute atomic E-state index is 14.2. The number of H-pyrrole nitrogens is 1. The van der Waals surface area contributed by atoms with Crippen molar-refractivity contribution >= 4 is 33.6 Å². The van der Waals surface area contributed by atoms with Crippen LogP contribution >= 0.6 is 0 Å². The minimum Gasteiger partial charge on any atom is -0.456 e. The van der Waals surface area contributed by atoms with Crippen molar-refractivity contribution < 1.29 is 9.21 Å². The zero-order chi connectivity index (χ0) is 29.4. The number of para-hydroxylation sites is 2. The average Bonchev–Trinajstić information content (AvgIpc) is 3.36. The van der Waals surface area contributed by atoms with Gasteiger partial charge in [0, 0.05) is 53.0 Å². The fraction of sp³-hybridized carbons (Fsp3) is 0.229. The maximum Gasteiger partial charge on any atom is 0.333 e. The van der Waals surface area contributed by atoms with E-state index in [4.69, 9.17) is 4.42 Å². The van der Waals surface area contributed by atoms with Gasteiger partial charge in [-0.25, -0.2) is 13.9 Å². The molecule has 1 aliphatic carbocycles. The molecule has 0 bridgehead atoms. The van der Waals surface area contributed by atoms with Gasteiger partial charge in [-0.15, -0.1) is 0 Å². The number of nitrogens with zero attached hydrogens (tertiary/aromatic N) is 3. The van der Waals surface area contributed by atoms with Crippen LogP contribution in [0.15, 0.2) is 94.1 Å². The number of nitrogens with one attached hydrogen (secondary N) is 1. The summed E-state index contributed by atoms with van der Waals surface area (Å²) in [5, 5.41) is 1.98. The van der Waals surface area contributed by atoms with Crippen molar-refractivity contribution in [2.75, 3.05) is 31.1 Å². The van der Waals surface area contributed by atoms with Gasteiger partial charge < -0.3 is 14.3 Å². The molecule has 6 rings (SSSR count). The van der Waals surface area contributed by atoms with Crippen LogP contribution in [0.4, 0.5) is 5.69 Å². The minimum atomic E-state index is -0.457. The number of aromatic amines is 1. The molecular weight excluding hydrogens is 524 g/mol. The Kier molecular flexibility index (Phi) is 7.25. The fourth-order valence-corrected chi connectivity index (χ4v) is 5.99. The summed E-state index contributed by atoms with van der Waals surface area (Å²) < 4.78 is 10.1. The Balaban J connectivity index is 1.67. The van der Waals surface area contributed by atoms with E-state index in [9.17, 15) is 9.59 Å². The summed E-state index contributed by atoms with van der Waals surface area (Å²) >= 11 is 0. The lowest BCUT2D eigenvalue weighted by Gasteiger charge is -2.22. The van der Waals surface area contributed by atoms with Crippen LogP contribution in [0, 0.1) is 0 Å². The van der Waals surface area contributed by atoms with Gasteiger partial charge in [-0.2, -0.15) is 0 Å². The van der Waals surface area contributed by atoms with Crippen molar-refractivity contribution in [1.29, 1.82) is 0 Å². The Bertz CT molecular complexity index is 2040. The molecule has 4 aromatic rings. The summed E-state index contributed by atoms with van der Waals surface area (Å²) in [6.45, 7) is 12.1. The number of carbonyl (C=O) groups excluding carboxylic acids is 1. The molecule has 2 aliphatic rings. The molecule has 0 saturated heterocycles. The zero-order valence-electron chi connectivity index (χ0n) is 24.5. The van der Waals surface area contributed by atoms with Crippen molar-refractivity contribution in [2.45, 2.75) is 27.7 Å². The molecule has 7 heteroatoms. The highest BCUT2D eigenvalue weighted by Gasteiger charge is 2.25. The van der Waals surface area contributed by atoms with Crippen LogP contribution in [0.1, 0.15) is 38.1 Å². The van der Waals surface area contributed by atoms with E-state index in [-0.39, 0.29) is 5.91 Å². The monoisotopic (exact) mass is 559 g/mol. The van der Waals surface area contributed by atoms with Gasteiger partial charge in [0.1, 0.15) is 24.4 Å². The first kappa shape index (κ1) is 27.3. The average molecular weight is 560 g/mol. The van der Waals surface area contributed by atoms with Crippen molar-refractivity contribution in [1.82, 2.24) is 14.1 Å². The maximum atomic E-state index is 14.2. The van der Waals surface area contributed by atoms with E-state index >= 15 is 0 Å². The molecule has 42 heavy (non-hydrogen) atoms. The van der Waals surface area contributed by atoms with Crippen LogP contribution in [-0.4, -0.2) is 41.6 Å². The van der Waals surface area contributed by atoms with Crippen molar-refractivity contribution in [3.05, 3.63) is 106 Å². The predicted octanol–water partition coefficient (Wildman–Crippen LogP) is 6.19. The van der Waals surface area contributed by atoms with Gasteiger partial charge >= 0.3 is 5.69 Å².